The van der Waals surface area contributed by atoms with Crippen molar-refractivity contribution in [1.82, 2.24) is 4.90 Å². The van der Waals surface area contributed by atoms with Crippen molar-refractivity contribution in [2.45, 2.75) is 6.61 Å². The Hall–Kier alpha value is -4.40. The number of morpholine rings is 1. The Balaban J connectivity index is 1.25. The minimum Gasteiger partial charge on any atom is -0.493 e. The van der Waals surface area contributed by atoms with Crippen LogP contribution in [0.2, 0.25) is 0 Å². The number of hydrogen-bond donors (Lipinski definition) is 1. The minimum absolute atomic E-state index is 0.0161. The van der Waals surface area contributed by atoms with Gasteiger partial charge in [-0.05, 0) is 65.4 Å². The average Bonchev–Trinajstić information content (AvgIpc) is 3.29. The zero-order chi connectivity index (χ0) is 31.2. The van der Waals surface area contributed by atoms with E-state index in [1.165, 1.54) is 19.2 Å². The molecule has 0 aromatic heterocycles. The molecule has 0 spiro atoms. The Morgan fingerprint density at radius 3 is 2.55 bits per heavy atom. The largest absolute Gasteiger partial charge is 0.493 e. The first kappa shape index (κ1) is 31.0. The van der Waals surface area contributed by atoms with Gasteiger partial charge in [-0.15, -0.1) is 0 Å². The van der Waals surface area contributed by atoms with E-state index in [1.54, 1.807) is 42.5 Å². The Labute approximate surface area is 265 Å². The first-order valence-electron chi connectivity index (χ1n) is 13.4. The molecule has 0 aliphatic carbocycles. The van der Waals surface area contributed by atoms with Crippen molar-refractivity contribution >= 4 is 67.9 Å². The number of rotatable bonds is 10. The van der Waals surface area contributed by atoms with Crippen molar-refractivity contribution in [3.05, 3.63) is 91.3 Å². The van der Waals surface area contributed by atoms with Crippen LogP contribution in [0.4, 0.5) is 21.9 Å². The monoisotopic (exact) mass is 682 g/mol. The summed E-state index contributed by atoms with van der Waals surface area (Å²) in [6.07, 6.45) is 1.54. The van der Waals surface area contributed by atoms with Crippen LogP contribution in [0, 0.1) is 10.1 Å². The first-order chi connectivity index (χ1) is 21.2. The van der Waals surface area contributed by atoms with Gasteiger partial charge in [0.1, 0.15) is 13.2 Å². The highest BCUT2D eigenvalue weighted by molar-refractivity contribution is 9.10. The second-order valence-electron chi connectivity index (χ2n) is 9.67. The zero-order valence-electron chi connectivity index (χ0n) is 23.5. The average molecular weight is 684 g/mol. The summed E-state index contributed by atoms with van der Waals surface area (Å²) < 4.78 is 17.3. The van der Waals surface area contributed by atoms with Crippen LogP contribution in [-0.4, -0.2) is 66.8 Å². The highest BCUT2D eigenvalue weighted by Gasteiger charge is 2.36. The van der Waals surface area contributed by atoms with Gasteiger partial charge in [-0.25, -0.2) is 0 Å². The molecule has 2 saturated heterocycles. The molecule has 3 aromatic rings. The fraction of sp³-hybridized carbons (Fsp3) is 0.233. The van der Waals surface area contributed by atoms with E-state index < -0.39 is 28.5 Å². The minimum atomic E-state index is -0.582. The third kappa shape index (κ3) is 7.21. The van der Waals surface area contributed by atoms with Crippen LogP contribution in [0.3, 0.4) is 0 Å². The molecule has 14 heteroatoms. The van der Waals surface area contributed by atoms with Gasteiger partial charge in [-0.1, -0.05) is 28.1 Å². The summed E-state index contributed by atoms with van der Waals surface area (Å²) in [4.78, 5) is 52.5. The number of para-hydroxylation sites is 2. The predicted octanol–water partition coefficient (Wildman–Crippen LogP) is 5.46. The number of carbonyl (C=O) groups is 3. The number of thioether (sulfide) groups is 1. The van der Waals surface area contributed by atoms with E-state index >= 15 is 0 Å². The van der Waals surface area contributed by atoms with Crippen molar-refractivity contribution in [3.63, 3.8) is 0 Å². The van der Waals surface area contributed by atoms with Gasteiger partial charge < -0.3 is 24.4 Å². The van der Waals surface area contributed by atoms with E-state index in [-0.39, 0.29) is 17.2 Å². The number of anilines is 2. The Bertz CT molecular complexity index is 1630. The van der Waals surface area contributed by atoms with Gasteiger partial charge in [0.15, 0.2) is 11.5 Å². The molecule has 2 heterocycles. The molecule has 0 atom stereocenters. The van der Waals surface area contributed by atoms with E-state index in [9.17, 15) is 24.5 Å². The molecule has 228 valence electrons. The molecular formula is C30H27BrN4O8S. The Morgan fingerprint density at radius 1 is 1.11 bits per heavy atom. The predicted molar refractivity (Wildman–Crippen MR) is 169 cm³/mol. The van der Waals surface area contributed by atoms with E-state index in [0.29, 0.717) is 53.5 Å². The molecule has 2 aliphatic rings. The number of benzene rings is 3. The van der Waals surface area contributed by atoms with Gasteiger partial charge in [0.25, 0.3) is 16.8 Å². The molecule has 5 rings (SSSR count). The lowest BCUT2D eigenvalue weighted by Gasteiger charge is -2.30. The van der Waals surface area contributed by atoms with Crippen molar-refractivity contribution < 1.29 is 33.5 Å². The van der Waals surface area contributed by atoms with E-state index in [2.05, 4.69) is 26.1 Å². The van der Waals surface area contributed by atoms with E-state index in [0.717, 1.165) is 27.9 Å². The van der Waals surface area contributed by atoms with Crippen LogP contribution in [0.5, 0.6) is 11.5 Å². The van der Waals surface area contributed by atoms with E-state index in [1.807, 2.05) is 12.1 Å². The van der Waals surface area contributed by atoms with Crippen LogP contribution < -0.4 is 19.7 Å². The highest BCUT2D eigenvalue weighted by Crippen LogP contribution is 2.38. The fourth-order valence-corrected chi connectivity index (χ4v) is 5.84. The maximum absolute atomic E-state index is 13.2. The van der Waals surface area contributed by atoms with Crippen LogP contribution in [-0.2, 0) is 20.9 Å². The lowest BCUT2D eigenvalue weighted by atomic mass is 10.1. The fourth-order valence-electron chi connectivity index (χ4n) is 4.58. The zero-order valence-corrected chi connectivity index (χ0v) is 25.9. The molecule has 0 bridgehead atoms. The third-order valence-electron chi connectivity index (χ3n) is 6.82. The third-order valence-corrected chi connectivity index (χ3v) is 8.41. The number of amides is 3. The molecule has 1 N–H and O–H groups in total. The smallest absolute Gasteiger partial charge is 0.294 e. The van der Waals surface area contributed by atoms with Gasteiger partial charge in [-0.3, -0.25) is 29.4 Å². The summed E-state index contributed by atoms with van der Waals surface area (Å²) in [5, 5.41) is 13.2. The number of ether oxygens (including phenoxy) is 3. The summed E-state index contributed by atoms with van der Waals surface area (Å²) in [6.45, 7) is 2.26. The Morgan fingerprint density at radius 2 is 1.84 bits per heavy atom. The van der Waals surface area contributed by atoms with Crippen LogP contribution in [0.1, 0.15) is 11.1 Å². The Kier molecular flexibility index (Phi) is 9.82. The molecule has 3 aromatic carbocycles. The van der Waals surface area contributed by atoms with Crippen molar-refractivity contribution in [2.24, 2.45) is 0 Å². The number of methoxy groups -OCH3 is 1. The summed E-state index contributed by atoms with van der Waals surface area (Å²) in [5.74, 6) is -0.302. The molecule has 2 fully saturated rings. The second-order valence-corrected chi connectivity index (χ2v) is 11.5. The number of nitrogens with zero attached hydrogens (tertiary/aromatic N) is 3. The standard InChI is InChI=1S/C30H27BrN4O8S/c1-41-25-14-20(22(31)16-26(25)43-18-19-6-8-21(9-7-19)35(39)40)15-27-29(37)34(30(38)44-27)17-28(36)32-23-4-2-3-5-24(23)33-10-12-42-13-11-33/h2-9,14-16H,10-13,17-18H2,1H3,(H,32,36)/b27-15+. The number of nitro benzene ring substituents is 1. The molecule has 0 unspecified atom stereocenters. The molecular weight excluding hydrogens is 656 g/mol. The number of nitro groups is 1. The summed E-state index contributed by atoms with van der Waals surface area (Å²) in [6, 6.07) is 16.7. The van der Waals surface area contributed by atoms with Crippen molar-refractivity contribution in [1.29, 1.82) is 0 Å². The molecule has 44 heavy (non-hydrogen) atoms. The number of halogens is 1. The van der Waals surface area contributed by atoms with Gasteiger partial charge in [0.2, 0.25) is 5.91 Å². The topological polar surface area (TPSA) is 141 Å². The number of hydrogen-bond acceptors (Lipinski definition) is 10. The second kappa shape index (κ2) is 13.9. The quantitative estimate of drug-likeness (QED) is 0.167. The van der Waals surface area contributed by atoms with Crippen molar-refractivity contribution in [2.75, 3.05) is 50.2 Å². The molecule has 2 aliphatic heterocycles. The van der Waals surface area contributed by atoms with Gasteiger partial charge in [0.05, 0.1) is 41.5 Å². The van der Waals surface area contributed by atoms with Crippen LogP contribution >= 0.6 is 27.7 Å². The maximum atomic E-state index is 13.2. The van der Waals surface area contributed by atoms with Crippen molar-refractivity contribution in [3.8, 4) is 11.5 Å². The van der Waals surface area contributed by atoms with Gasteiger partial charge >= 0.3 is 0 Å². The summed E-state index contributed by atoms with van der Waals surface area (Å²) >= 11 is 4.23. The number of imide groups is 1. The van der Waals surface area contributed by atoms with Crippen LogP contribution in [0.25, 0.3) is 6.08 Å². The number of carbonyl (C=O) groups excluding carboxylic acids is 3. The first-order valence-corrected chi connectivity index (χ1v) is 15.0. The lowest BCUT2D eigenvalue weighted by molar-refractivity contribution is -0.384. The van der Waals surface area contributed by atoms with Crippen LogP contribution in [0.15, 0.2) is 70.0 Å². The molecule has 12 nitrogen and oxygen atoms in total. The highest BCUT2D eigenvalue weighted by atomic mass is 79.9. The number of nitrogens with one attached hydrogen (secondary N) is 1. The normalized spacial score (nSPS) is 15.9. The maximum Gasteiger partial charge on any atom is 0.294 e. The lowest BCUT2D eigenvalue weighted by Crippen LogP contribution is -2.38. The van der Waals surface area contributed by atoms with Gasteiger partial charge in [0, 0.05) is 29.7 Å². The van der Waals surface area contributed by atoms with E-state index in [4.69, 9.17) is 14.2 Å². The molecule has 3 amide bonds. The molecule has 0 saturated carbocycles. The molecule has 0 radical (unpaired) electrons. The summed E-state index contributed by atoms with van der Waals surface area (Å²) in [7, 11) is 1.47. The summed E-state index contributed by atoms with van der Waals surface area (Å²) in [5.41, 5.74) is 2.70. The number of non-ortho nitro benzene ring substituents is 1. The SMILES string of the molecule is COc1cc(/C=C2/SC(=O)N(CC(=O)Nc3ccccc3N3CCOCC3)C2=O)c(Br)cc1OCc1ccc([N+](=O)[O-])cc1. The van der Waals surface area contributed by atoms with Gasteiger partial charge in [-0.2, -0.15) is 0 Å².